The van der Waals surface area contributed by atoms with Crippen LogP contribution in [-0.4, -0.2) is 41.2 Å². The Morgan fingerprint density at radius 3 is 2.64 bits per heavy atom. The molecule has 3 amide bonds. The van der Waals surface area contributed by atoms with Gasteiger partial charge in [0.15, 0.2) is 5.54 Å². The van der Waals surface area contributed by atoms with Crippen molar-refractivity contribution in [1.29, 1.82) is 0 Å². The van der Waals surface area contributed by atoms with Crippen LogP contribution < -0.4 is 10.1 Å². The Kier molecular flexibility index (Phi) is 4.50. The molecule has 0 bridgehead atoms. The van der Waals surface area contributed by atoms with Crippen LogP contribution in [-0.2, 0) is 10.3 Å². The third-order valence-corrected chi connectivity index (χ3v) is 4.15. The molecule has 0 aliphatic carbocycles. The summed E-state index contributed by atoms with van der Waals surface area (Å²) in [6.07, 6.45) is 0.433. The molecule has 1 aliphatic rings. The van der Waals surface area contributed by atoms with E-state index in [1.54, 1.807) is 31.2 Å². The molecule has 0 saturated carbocycles. The zero-order chi connectivity index (χ0) is 18.0. The van der Waals surface area contributed by atoms with Crippen LogP contribution in [0.1, 0.15) is 18.2 Å². The average Bonchev–Trinajstić information content (AvgIpc) is 3.19. The lowest BCUT2D eigenvalue weighted by molar-refractivity contribution is -0.132. The number of hydrogen-bond donors (Lipinski definition) is 2. The molecule has 1 aromatic carbocycles. The number of carbonyl (C=O) groups excluding carboxylic acids is 2. The van der Waals surface area contributed by atoms with E-state index in [4.69, 9.17) is 9.15 Å². The number of rotatable bonds is 6. The van der Waals surface area contributed by atoms with Crippen LogP contribution in [0.4, 0.5) is 4.79 Å². The van der Waals surface area contributed by atoms with E-state index >= 15 is 0 Å². The summed E-state index contributed by atoms with van der Waals surface area (Å²) in [4.78, 5) is 25.7. The van der Waals surface area contributed by atoms with Gasteiger partial charge in [-0.15, -0.1) is 0 Å². The SMILES string of the molecule is Cc1ccc(OC[C@H](O)CN2C(=O)N[C@@](C)(c3ccco3)C2=O)cc1. The predicted octanol–water partition coefficient (Wildman–Crippen LogP) is 1.79. The molecule has 1 saturated heterocycles. The lowest BCUT2D eigenvalue weighted by Crippen LogP contribution is -2.42. The van der Waals surface area contributed by atoms with Gasteiger partial charge in [-0.3, -0.25) is 9.69 Å². The summed E-state index contributed by atoms with van der Waals surface area (Å²) < 4.78 is 10.7. The number of aliphatic hydroxyl groups is 1. The van der Waals surface area contributed by atoms with Crippen LogP contribution in [0.3, 0.4) is 0 Å². The van der Waals surface area contributed by atoms with E-state index in [1.807, 2.05) is 19.1 Å². The molecule has 1 aliphatic heterocycles. The maximum Gasteiger partial charge on any atom is 0.325 e. The van der Waals surface area contributed by atoms with Crippen molar-refractivity contribution in [3.05, 3.63) is 54.0 Å². The Morgan fingerprint density at radius 2 is 2.00 bits per heavy atom. The molecule has 2 atom stereocenters. The lowest BCUT2D eigenvalue weighted by atomic mass is 9.99. The molecule has 0 spiro atoms. The van der Waals surface area contributed by atoms with Gasteiger partial charge in [0.05, 0.1) is 12.8 Å². The minimum Gasteiger partial charge on any atom is -0.491 e. The Hall–Kier alpha value is -2.80. The Balaban J connectivity index is 1.61. The summed E-state index contributed by atoms with van der Waals surface area (Å²) in [5.74, 6) is 0.489. The fourth-order valence-corrected chi connectivity index (χ4v) is 2.68. The number of nitrogens with one attached hydrogen (secondary N) is 1. The van der Waals surface area contributed by atoms with E-state index in [0.29, 0.717) is 11.5 Å². The molecule has 1 aromatic heterocycles. The molecule has 7 heteroatoms. The second-order valence-corrected chi connectivity index (χ2v) is 6.23. The highest BCUT2D eigenvalue weighted by Crippen LogP contribution is 2.29. The second-order valence-electron chi connectivity index (χ2n) is 6.23. The molecule has 25 heavy (non-hydrogen) atoms. The number of nitrogens with zero attached hydrogens (tertiary/aromatic N) is 1. The van der Waals surface area contributed by atoms with Gasteiger partial charge in [-0.25, -0.2) is 4.79 Å². The number of hydrogen-bond acceptors (Lipinski definition) is 5. The fourth-order valence-electron chi connectivity index (χ4n) is 2.68. The van der Waals surface area contributed by atoms with Gasteiger partial charge in [-0.2, -0.15) is 0 Å². The summed E-state index contributed by atoms with van der Waals surface area (Å²) in [5, 5.41) is 12.7. The smallest absolute Gasteiger partial charge is 0.325 e. The first-order valence-corrected chi connectivity index (χ1v) is 7.96. The number of urea groups is 1. The van der Waals surface area contributed by atoms with E-state index in [1.165, 1.54) is 6.26 Å². The average molecular weight is 344 g/mol. The van der Waals surface area contributed by atoms with Crippen molar-refractivity contribution in [3.63, 3.8) is 0 Å². The van der Waals surface area contributed by atoms with Gasteiger partial charge >= 0.3 is 6.03 Å². The molecule has 2 aromatic rings. The summed E-state index contributed by atoms with van der Waals surface area (Å²) in [6, 6.07) is 10.1. The van der Waals surface area contributed by atoms with Gasteiger partial charge in [0.2, 0.25) is 0 Å². The largest absolute Gasteiger partial charge is 0.491 e. The maximum atomic E-state index is 12.6. The molecule has 132 valence electrons. The first kappa shape index (κ1) is 17.0. The molecular weight excluding hydrogens is 324 g/mol. The monoisotopic (exact) mass is 344 g/mol. The van der Waals surface area contributed by atoms with Crippen molar-refractivity contribution >= 4 is 11.9 Å². The Morgan fingerprint density at radius 1 is 1.28 bits per heavy atom. The Labute approximate surface area is 145 Å². The molecule has 2 N–H and O–H groups in total. The molecule has 2 heterocycles. The van der Waals surface area contributed by atoms with E-state index in [-0.39, 0.29) is 13.2 Å². The standard InChI is InChI=1S/C18H20N2O5/c1-12-5-7-14(8-6-12)25-11-13(21)10-20-16(22)18(2,19-17(20)23)15-4-3-9-24-15/h3-9,13,21H,10-11H2,1-2H3,(H,19,23)/t13-,18+/m1/s1. The number of benzene rings is 1. The summed E-state index contributed by atoms with van der Waals surface area (Å²) in [7, 11) is 0. The zero-order valence-corrected chi connectivity index (χ0v) is 14.1. The highest BCUT2D eigenvalue weighted by Gasteiger charge is 2.51. The molecule has 1 fully saturated rings. The number of amides is 3. The second kappa shape index (κ2) is 6.60. The summed E-state index contributed by atoms with van der Waals surface area (Å²) in [6.45, 7) is 3.35. The van der Waals surface area contributed by atoms with Crippen molar-refractivity contribution in [1.82, 2.24) is 10.2 Å². The number of aliphatic hydroxyl groups excluding tert-OH is 1. The molecular formula is C18H20N2O5. The van der Waals surface area contributed by atoms with Crippen molar-refractivity contribution in [2.75, 3.05) is 13.2 Å². The van der Waals surface area contributed by atoms with Crippen molar-refractivity contribution in [2.45, 2.75) is 25.5 Å². The van der Waals surface area contributed by atoms with Gasteiger partial charge in [0, 0.05) is 0 Å². The number of β-amino-alcohol motifs (C(OH)–C–C–N with tert-alkyl or cyclic N) is 1. The number of ether oxygens (including phenoxy) is 1. The van der Waals surface area contributed by atoms with E-state index < -0.39 is 23.6 Å². The van der Waals surface area contributed by atoms with E-state index in [2.05, 4.69) is 5.32 Å². The van der Waals surface area contributed by atoms with Gasteiger partial charge in [-0.05, 0) is 38.1 Å². The van der Waals surface area contributed by atoms with Crippen LogP contribution >= 0.6 is 0 Å². The van der Waals surface area contributed by atoms with E-state index in [0.717, 1.165) is 10.5 Å². The lowest BCUT2D eigenvalue weighted by Gasteiger charge is -2.20. The maximum absolute atomic E-state index is 12.6. The topological polar surface area (TPSA) is 92.0 Å². The third kappa shape index (κ3) is 3.36. The number of imide groups is 1. The highest BCUT2D eigenvalue weighted by molar-refractivity contribution is 6.06. The molecule has 3 rings (SSSR count). The van der Waals surface area contributed by atoms with Gasteiger partial charge in [0.25, 0.3) is 5.91 Å². The van der Waals surface area contributed by atoms with Crippen LogP contribution in [0.25, 0.3) is 0 Å². The van der Waals surface area contributed by atoms with Crippen LogP contribution in [0.15, 0.2) is 47.1 Å². The van der Waals surface area contributed by atoms with Gasteiger partial charge in [0.1, 0.15) is 24.2 Å². The van der Waals surface area contributed by atoms with Crippen molar-refractivity contribution in [3.8, 4) is 5.75 Å². The Bertz CT molecular complexity index is 756. The van der Waals surface area contributed by atoms with Crippen LogP contribution in [0.2, 0.25) is 0 Å². The predicted molar refractivity (Wildman–Crippen MR) is 89.0 cm³/mol. The molecule has 7 nitrogen and oxygen atoms in total. The quantitative estimate of drug-likeness (QED) is 0.780. The van der Waals surface area contributed by atoms with Crippen LogP contribution in [0, 0.1) is 6.92 Å². The van der Waals surface area contributed by atoms with Crippen molar-refractivity contribution in [2.24, 2.45) is 0 Å². The summed E-state index contributed by atoms with van der Waals surface area (Å²) in [5.41, 5.74) is -0.164. The first-order valence-electron chi connectivity index (χ1n) is 7.96. The molecule has 0 radical (unpaired) electrons. The molecule has 0 unspecified atom stereocenters. The first-order chi connectivity index (χ1) is 11.9. The number of furan rings is 1. The number of carbonyl (C=O) groups is 2. The van der Waals surface area contributed by atoms with Gasteiger partial charge < -0.3 is 19.6 Å². The number of aryl methyl sites for hydroxylation is 1. The fraction of sp³-hybridized carbons (Fsp3) is 0.333. The minimum absolute atomic E-state index is 0.0302. The minimum atomic E-state index is -1.27. The van der Waals surface area contributed by atoms with Crippen LogP contribution in [0.5, 0.6) is 5.75 Å². The van der Waals surface area contributed by atoms with Gasteiger partial charge in [-0.1, -0.05) is 17.7 Å². The normalized spacial score (nSPS) is 21.3. The van der Waals surface area contributed by atoms with E-state index in [9.17, 15) is 14.7 Å². The highest BCUT2D eigenvalue weighted by atomic mass is 16.5. The third-order valence-electron chi connectivity index (χ3n) is 4.15. The van der Waals surface area contributed by atoms with Crippen molar-refractivity contribution < 1.29 is 23.8 Å². The summed E-state index contributed by atoms with van der Waals surface area (Å²) >= 11 is 0. The zero-order valence-electron chi connectivity index (χ0n) is 14.1.